The van der Waals surface area contributed by atoms with E-state index < -0.39 is 11.9 Å². The Hall–Kier alpha value is -1.59. The summed E-state index contributed by atoms with van der Waals surface area (Å²) in [7, 11) is 0. The van der Waals surface area contributed by atoms with Crippen molar-refractivity contribution in [3.63, 3.8) is 0 Å². The molecule has 7 heteroatoms. The summed E-state index contributed by atoms with van der Waals surface area (Å²) in [5, 5.41) is 0.720. The fourth-order valence-corrected chi connectivity index (χ4v) is 2.53. The molecule has 3 rings (SSSR count). The minimum absolute atomic E-state index is 0.101. The minimum Gasteiger partial charge on any atom is -0.236 e. The highest BCUT2D eigenvalue weighted by Gasteiger charge is 2.38. The molecule has 2 aromatic rings. The van der Waals surface area contributed by atoms with Gasteiger partial charge in [-0.1, -0.05) is 35.3 Å². The fraction of sp³-hybridized carbons (Fsp3) is 0.143. The van der Waals surface area contributed by atoms with Crippen molar-refractivity contribution in [3.8, 4) is 11.1 Å². The Morgan fingerprint density at radius 1 is 1.14 bits per heavy atom. The van der Waals surface area contributed by atoms with Gasteiger partial charge in [0.1, 0.15) is 5.71 Å². The van der Waals surface area contributed by atoms with Gasteiger partial charge in [-0.15, -0.1) is 0 Å². The quantitative estimate of drug-likeness (QED) is 0.701. The molecular formula is C14H7Cl2F3N2. The number of alkyl halides is 3. The molecule has 0 spiro atoms. The summed E-state index contributed by atoms with van der Waals surface area (Å²) in [5.74, 6) is 0.101. The molecule has 0 atom stereocenters. The summed E-state index contributed by atoms with van der Waals surface area (Å²) in [6, 6.07) is 6.70. The third-order valence-electron chi connectivity index (χ3n) is 3.13. The zero-order valence-corrected chi connectivity index (χ0v) is 11.9. The Balaban J connectivity index is 2.01. The van der Waals surface area contributed by atoms with Gasteiger partial charge >= 0.3 is 6.18 Å². The molecule has 0 fully saturated rings. The molecule has 0 saturated carbocycles. The molecule has 0 radical (unpaired) electrons. The molecule has 1 aliphatic rings. The van der Waals surface area contributed by atoms with Crippen LogP contribution >= 0.6 is 23.2 Å². The maximum Gasteiger partial charge on any atom is 0.429 e. The number of hydrogen-bond acceptors (Lipinski definition) is 2. The van der Waals surface area contributed by atoms with Crippen LogP contribution in [0.5, 0.6) is 0 Å². The van der Waals surface area contributed by atoms with Crippen molar-refractivity contribution in [1.82, 2.24) is 4.98 Å². The molecule has 108 valence electrons. The second-order valence-corrected chi connectivity index (χ2v) is 5.33. The number of aromatic nitrogens is 1. The van der Waals surface area contributed by atoms with Crippen LogP contribution in [-0.2, 0) is 6.42 Å². The largest absolute Gasteiger partial charge is 0.429 e. The standard InChI is InChI=1S/C14H7Cl2F3N2/c15-10-3-1-2-9(12(10)16)8-4-7-5-11(14(17,18)19)21-13(7)20-6-8/h1-4,6H,5H2. The molecule has 21 heavy (non-hydrogen) atoms. The molecule has 0 aliphatic carbocycles. The van der Waals surface area contributed by atoms with E-state index in [-0.39, 0.29) is 12.2 Å². The van der Waals surface area contributed by atoms with E-state index in [2.05, 4.69) is 9.98 Å². The molecule has 2 heterocycles. The first-order chi connectivity index (χ1) is 9.86. The van der Waals surface area contributed by atoms with E-state index >= 15 is 0 Å². The first-order valence-electron chi connectivity index (χ1n) is 5.94. The van der Waals surface area contributed by atoms with E-state index in [1.807, 2.05) is 0 Å². The van der Waals surface area contributed by atoms with Crippen LogP contribution in [0.4, 0.5) is 19.0 Å². The van der Waals surface area contributed by atoms with Gasteiger partial charge < -0.3 is 0 Å². The highest BCUT2D eigenvalue weighted by molar-refractivity contribution is 6.43. The Labute approximate surface area is 128 Å². The van der Waals surface area contributed by atoms with Crippen molar-refractivity contribution in [2.75, 3.05) is 0 Å². The van der Waals surface area contributed by atoms with Gasteiger partial charge in [0.05, 0.1) is 10.0 Å². The lowest BCUT2D eigenvalue weighted by atomic mass is 10.0. The summed E-state index contributed by atoms with van der Waals surface area (Å²) in [5.41, 5.74) is 0.829. The van der Waals surface area contributed by atoms with Crippen LogP contribution in [-0.4, -0.2) is 16.9 Å². The maximum atomic E-state index is 12.7. The van der Waals surface area contributed by atoms with Gasteiger partial charge in [-0.2, -0.15) is 13.2 Å². The molecule has 0 saturated heterocycles. The summed E-state index contributed by atoms with van der Waals surface area (Å²) in [4.78, 5) is 7.50. The number of aliphatic imine (C=N–C) groups is 1. The summed E-state index contributed by atoms with van der Waals surface area (Å²) >= 11 is 12.1. The minimum atomic E-state index is -4.44. The van der Waals surface area contributed by atoms with E-state index in [4.69, 9.17) is 23.2 Å². The topological polar surface area (TPSA) is 25.2 Å². The summed E-state index contributed by atoms with van der Waals surface area (Å²) in [6.07, 6.45) is -3.27. The lowest BCUT2D eigenvalue weighted by molar-refractivity contribution is -0.0597. The molecule has 1 aromatic carbocycles. The van der Waals surface area contributed by atoms with Crippen LogP contribution in [0.2, 0.25) is 10.0 Å². The van der Waals surface area contributed by atoms with E-state index in [1.165, 1.54) is 6.20 Å². The van der Waals surface area contributed by atoms with Crippen LogP contribution in [0.15, 0.2) is 35.5 Å². The highest BCUT2D eigenvalue weighted by atomic mass is 35.5. The van der Waals surface area contributed by atoms with Crippen LogP contribution in [0.1, 0.15) is 5.56 Å². The van der Waals surface area contributed by atoms with E-state index in [1.54, 1.807) is 24.3 Å². The third-order valence-corrected chi connectivity index (χ3v) is 3.95. The second kappa shape index (κ2) is 5.00. The Bertz CT molecular complexity index is 754. The number of pyridine rings is 1. The number of hydrogen-bond donors (Lipinski definition) is 0. The van der Waals surface area contributed by atoms with Crippen LogP contribution in [0.25, 0.3) is 11.1 Å². The van der Waals surface area contributed by atoms with Gasteiger partial charge in [0.25, 0.3) is 0 Å². The predicted octanol–water partition coefficient (Wildman–Crippen LogP) is 5.25. The van der Waals surface area contributed by atoms with Crippen molar-refractivity contribution in [2.45, 2.75) is 12.6 Å². The maximum absolute atomic E-state index is 12.7. The Kier molecular flexibility index (Phi) is 3.42. The van der Waals surface area contributed by atoms with Gasteiger partial charge in [0.2, 0.25) is 0 Å². The number of fused-ring (bicyclic) bond motifs is 1. The lowest BCUT2D eigenvalue weighted by Gasteiger charge is -2.07. The zero-order valence-electron chi connectivity index (χ0n) is 10.4. The Morgan fingerprint density at radius 3 is 2.62 bits per heavy atom. The number of halogens is 5. The average Bonchev–Trinajstić information content (AvgIpc) is 2.85. The molecule has 1 aliphatic heterocycles. The zero-order chi connectivity index (χ0) is 15.2. The van der Waals surface area contributed by atoms with Crippen molar-refractivity contribution < 1.29 is 13.2 Å². The van der Waals surface area contributed by atoms with Crippen LogP contribution in [0, 0.1) is 0 Å². The molecule has 1 aromatic heterocycles. The van der Waals surface area contributed by atoms with E-state index in [0.29, 0.717) is 26.7 Å². The number of rotatable bonds is 1. The molecule has 0 amide bonds. The number of benzene rings is 1. The normalized spacial score (nSPS) is 14.0. The van der Waals surface area contributed by atoms with Crippen molar-refractivity contribution in [3.05, 3.63) is 46.1 Å². The van der Waals surface area contributed by atoms with Gasteiger partial charge in [-0.3, -0.25) is 0 Å². The van der Waals surface area contributed by atoms with Gasteiger partial charge in [-0.05, 0) is 12.1 Å². The fourth-order valence-electron chi connectivity index (χ4n) is 2.12. The molecular weight excluding hydrogens is 324 g/mol. The smallest absolute Gasteiger partial charge is 0.236 e. The van der Waals surface area contributed by atoms with Gasteiger partial charge in [-0.25, -0.2) is 9.98 Å². The van der Waals surface area contributed by atoms with Crippen molar-refractivity contribution in [2.24, 2.45) is 4.99 Å². The SMILES string of the molecule is FC(F)(F)C1=Nc2ncc(-c3cccc(Cl)c3Cl)cc2C1. The molecule has 0 unspecified atom stereocenters. The van der Waals surface area contributed by atoms with Crippen molar-refractivity contribution >= 4 is 34.7 Å². The summed E-state index contributed by atoms with van der Waals surface area (Å²) in [6.45, 7) is 0. The second-order valence-electron chi connectivity index (χ2n) is 4.54. The Morgan fingerprint density at radius 2 is 1.90 bits per heavy atom. The first-order valence-corrected chi connectivity index (χ1v) is 6.70. The lowest BCUT2D eigenvalue weighted by Crippen LogP contribution is -2.22. The van der Waals surface area contributed by atoms with E-state index in [0.717, 1.165) is 0 Å². The van der Waals surface area contributed by atoms with Gasteiger partial charge in [0, 0.05) is 29.3 Å². The highest BCUT2D eigenvalue weighted by Crippen LogP contribution is 2.37. The van der Waals surface area contributed by atoms with Crippen LogP contribution < -0.4 is 0 Å². The van der Waals surface area contributed by atoms with Crippen molar-refractivity contribution in [1.29, 1.82) is 0 Å². The molecule has 2 nitrogen and oxygen atoms in total. The van der Waals surface area contributed by atoms with E-state index in [9.17, 15) is 13.2 Å². The predicted molar refractivity (Wildman–Crippen MR) is 76.5 cm³/mol. The third kappa shape index (κ3) is 2.63. The van der Waals surface area contributed by atoms with Gasteiger partial charge in [0.15, 0.2) is 5.82 Å². The molecule has 0 N–H and O–H groups in total. The number of nitrogens with zero attached hydrogens (tertiary/aromatic N) is 2. The molecule has 0 bridgehead atoms. The average molecular weight is 331 g/mol. The first kappa shape index (κ1) is 14.4. The summed E-state index contributed by atoms with van der Waals surface area (Å²) < 4.78 is 38.0. The van der Waals surface area contributed by atoms with Crippen LogP contribution in [0.3, 0.4) is 0 Å². The monoisotopic (exact) mass is 330 g/mol.